The van der Waals surface area contributed by atoms with E-state index in [1.165, 1.54) is 24.3 Å². The molecule has 0 unspecified atom stereocenters. The maximum absolute atomic E-state index is 12.5. The molecule has 33 heavy (non-hydrogen) atoms. The molecule has 3 aromatic rings. The molecule has 0 saturated carbocycles. The van der Waals surface area contributed by atoms with Crippen molar-refractivity contribution in [2.24, 2.45) is 0 Å². The van der Waals surface area contributed by atoms with E-state index < -0.39 is 10.8 Å². The molecule has 0 heterocycles. The zero-order valence-corrected chi connectivity index (χ0v) is 19.8. The van der Waals surface area contributed by atoms with Crippen molar-refractivity contribution in [2.75, 3.05) is 5.32 Å². The number of anilines is 1. The minimum atomic E-state index is -0.599. The van der Waals surface area contributed by atoms with E-state index in [0.717, 1.165) is 0 Å². The highest BCUT2D eigenvalue weighted by Gasteiger charge is 2.12. The number of hydrogen-bond acceptors (Lipinski definition) is 5. The van der Waals surface area contributed by atoms with E-state index in [1.807, 2.05) is 6.07 Å². The highest BCUT2D eigenvalue weighted by molar-refractivity contribution is 9.10. The van der Waals surface area contributed by atoms with Gasteiger partial charge in [0, 0.05) is 17.8 Å². The van der Waals surface area contributed by atoms with Gasteiger partial charge < -0.3 is 10.1 Å². The van der Waals surface area contributed by atoms with Gasteiger partial charge in [0.1, 0.15) is 24.0 Å². The summed E-state index contributed by atoms with van der Waals surface area (Å²) in [6.45, 7) is 0.130. The second kappa shape index (κ2) is 11.0. The molecule has 0 radical (unpaired) electrons. The van der Waals surface area contributed by atoms with Crippen LogP contribution in [0.5, 0.6) is 5.75 Å². The summed E-state index contributed by atoms with van der Waals surface area (Å²) < 4.78 is 6.32. The number of nitro groups is 1. The van der Waals surface area contributed by atoms with Gasteiger partial charge in [-0.2, -0.15) is 5.26 Å². The summed E-state index contributed by atoms with van der Waals surface area (Å²) in [5.41, 5.74) is 1.51. The quantitative estimate of drug-likeness (QED) is 0.152. The van der Waals surface area contributed by atoms with E-state index >= 15 is 0 Å². The minimum absolute atomic E-state index is 0.0150. The number of ether oxygens (including phenoxy) is 1. The monoisotopic (exact) mass is 545 g/mol. The molecule has 0 saturated heterocycles. The summed E-state index contributed by atoms with van der Waals surface area (Å²) in [4.78, 5) is 22.9. The molecule has 0 bridgehead atoms. The topological polar surface area (TPSA) is 105 Å². The first kappa shape index (κ1) is 24.3. The Bertz CT molecular complexity index is 1310. The second-order valence-corrected chi connectivity index (χ2v) is 8.33. The number of amides is 1. The van der Waals surface area contributed by atoms with Crippen LogP contribution in [0.2, 0.25) is 10.0 Å². The molecule has 1 amide bonds. The lowest BCUT2D eigenvalue weighted by molar-refractivity contribution is -0.384. The predicted octanol–water partition coefficient (Wildman–Crippen LogP) is 6.79. The summed E-state index contributed by atoms with van der Waals surface area (Å²) >= 11 is 15.2. The smallest absolute Gasteiger partial charge is 0.269 e. The number of nitrogens with one attached hydrogen (secondary N) is 1. The fourth-order valence-electron chi connectivity index (χ4n) is 2.73. The molecule has 0 spiro atoms. The van der Waals surface area contributed by atoms with E-state index in [0.29, 0.717) is 32.1 Å². The Morgan fingerprint density at radius 1 is 1.15 bits per heavy atom. The molecule has 0 aromatic heterocycles. The number of nitro benzene ring substituents is 1. The summed E-state index contributed by atoms with van der Waals surface area (Å²) in [6.07, 6.45) is 1.43. The SMILES string of the molecule is N#C/C(=C\c1ccc(OCc2cccc([N+](=O)[O-])c2)c(Br)c1)C(=O)Nc1ccc(Cl)c(Cl)c1. The molecule has 3 aromatic carbocycles. The number of nitriles is 1. The van der Waals surface area contributed by atoms with Gasteiger partial charge in [0.2, 0.25) is 0 Å². The normalized spacial score (nSPS) is 10.9. The Morgan fingerprint density at radius 2 is 1.94 bits per heavy atom. The van der Waals surface area contributed by atoms with E-state index in [9.17, 15) is 20.2 Å². The first-order chi connectivity index (χ1) is 15.8. The lowest BCUT2D eigenvalue weighted by Gasteiger charge is -2.09. The van der Waals surface area contributed by atoms with E-state index in [1.54, 1.807) is 42.5 Å². The van der Waals surface area contributed by atoms with E-state index in [4.69, 9.17) is 27.9 Å². The maximum Gasteiger partial charge on any atom is 0.269 e. The van der Waals surface area contributed by atoms with Gasteiger partial charge in [-0.15, -0.1) is 0 Å². The van der Waals surface area contributed by atoms with Crippen molar-refractivity contribution in [2.45, 2.75) is 6.61 Å². The van der Waals surface area contributed by atoms with Gasteiger partial charge in [-0.25, -0.2) is 0 Å². The first-order valence-corrected chi connectivity index (χ1v) is 10.9. The van der Waals surface area contributed by atoms with Crippen LogP contribution in [0.25, 0.3) is 6.08 Å². The summed E-state index contributed by atoms with van der Waals surface area (Å²) in [5.74, 6) is -0.101. The third-order valence-corrected chi connectivity index (χ3v) is 5.68. The molecule has 7 nitrogen and oxygen atoms in total. The standard InChI is InChI=1S/C23H14BrCl2N3O4/c24-19-10-14(4-7-22(19)33-13-15-2-1-3-18(9-15)29(31)32)8-16(12-27)23(30)28-17-5-6-20(25)21(26)11-17/h1-11H,13H2,(H,28,30)/b16-8+. The van der Waals surface area contributed by atoms with Gasteiger partial charge in [0.05, 0.1) is 19.4 Å². The second-order valence-electron chi connectivity index (χ2n) is 6.66. The highest BCUT2D eigenvalue weighted by atomic mass is 79.9. The average Bonchev–Trinajstić information content (AvgIpc) is 2.79. The molecule has 0 fully saturated rings. The van der Waals surface area contributed by atoms with Gasteiger partial charge in [-0.05, 0) is 63.5 Å². The molecular formula is C23H14BrCl2N3O4. The van der Waals surface area contributed by atoms with Crippen molar-refractivity contribution in [1.82, 2.24) is 0 Å². The van der Waals surface area contributed by atoms with Crippen LogP contribution >= 0.6 is 39.1 Å². The number of rotatable bonds is 7. The zero-order valence-electron chi connectivity index (χ0n) is 16.7. The molecule has 0 atom stereocenters. The van der Waals surface area contributed by atoms with Crippen LogP contribution in [0.15, 0.2) is 70.7 Å². The summed E-state index contributed by atoms with van der Waals surface area (Å²) in [6, 6.07) is 17.7. The Labute approximate surface area is 207 Å². The van der Waals surface area contributed by atoms with Crippen molar-refractivity contribution in [3.8, 4) is 11.8 Å². The minimum Gasteiger partial charge on any atom is -0.488 e. The Kier molecular flexibility index (Phi) is 8.06. The van der Waals surface area contributed by atoms with Crippen LogP contribution in [0, 0.1) is 21.4 Å². The molecule has 3 rings (SSSR count). The van der Waals surface area contributed by atoms with E-state index in [2.05, 4.69) is 21.2 Å². The van der Waals surface area contributed by atoms with Gasteiger partial charge in [-0.1, -0.05) is 41.4 Å². The number of carbonyl (C=O) groups is 1. The average molecular weight is 547 g/mol. The van der Waals surface area contributed by atoms with Gasteiger partial charge >= 0.3 is 0 Å². The van der Waals surface area contributed by atoms with Crippen molar-refractivity contribution >= 4 is 62.5 Å². The lowest BCUT2D eigenvalue weighted by Crippen LogP contribution is -2.13. The Hall–Kier alpha value is -3.38. The van der Waals surface area contributed by atoms with Gasteiger partial charge in [0.15, 0.2) is 0 Å². The third-order valence-electron chi connectivity index (χ3n) is 4.33. The molecule has 0 aliphatic rings. The fraction of sp³-hybridized carbons (Fsp3) is 0.0435. The van der Waals surface area contributed by atoms with Crippen molar-refractivity contribution in [1.29, 1.82) is 5.26 Å². The molecule has 10 heteroatoms. The molecule has 0 aliphatic heterocycles. The number of hydrogen-bond donors (Lipinski definition) is 1. The molecule has 166 valence electrons. The van der Waals surface area contributed by atoms with Crippen LogP contribution in [0.3, 0.4) is 0 Å². The van der Waals surface area contributed by atoms with Crippen LogP contribution < -0.4 is 10.1 Å². The Morgan fingerprint density at radius 3 is 2.61 bits per heavy atom. The summed E-state index contributed by atoms with van der Waals surface area (Å²) in [7, 11) is 0. The van der Waals surface area contributed by atoms with Crippen molar-refractivity contribution in [3.05, 3.63) is 102 Å². The number of halogens is 3. The van der Waals surface area contributed by atoms with Crippen LogP contribution in [-0.4, -0.2) is 10.8 Å². The molecular weight excluding hydrogens is 533 g/mol. The van der Waals surface area contributed by atoms with Gasteiger partial charge in [-0.3, -0.25) is 14.9 Å². The van der Waals surface area contributed by atoms with Crippen molar-refractivity contribution in [3.63, 3.8) is 0 Å². The lowest BCUT2D eigenvalue weighted by atomic mass is 10.1. The fourth-order valence-corrected chi connectivity index (χ4v) is 3.54. The van der Waals surface area contributed by atoms with E-state index in [-0.39, 0.29) is 22.9 Å². The van der Waals surface area contributed by atoms with Gasteiger partial charge in [0.25, 0.3) is 11.6 Å². The molecule has 1 N–H and O–H groups in total. The maximum atomic E-state index is 12.5. The third kappa shape index (κ3) is 6.56. The number of non-ortho nitro benzene ring substituents is 1. The number of nitrogens with zero attached hydrogens (tertiary/aromatic N) is 2. The van der Waals surface area contributed by atoms with Crippen LogP contribution in [-0.2, 0) is 11.4 Å². The molecule has 0 aliphatic carbocycles. The largest absolute Gasteiger partial charge is 0.488 e. The first-order valence-electron chi connectivity index (χ1n) is 9.30. The highest BCUT2D eigenvalue weighted by Crippen LogP contribution is 2.29. The zero-order chi connectivity index (χ0) is 24.0. The Balaban J connectivity index is 1.71. The predicted molar refractivity (Wildman–Crippen MR) is 130 cm³/mol. The van der Waals surface area contributed by atoms with Crippen LogP contribution in [0.1, 0.15) is 11.1 Å². The number of benzene rings is 3. The van der Waals surface area contributed by atoms with Crippen LogP contribution in [0.4, 0.5) is 11.4 Å². The van der Waals surface area contributed by atoms with Crippen molar-refractivity contribution < 1.29 is 14.5 Å². The summed E-state index contributed by atoms with van der Waals surface area (Å²) in [5, 5.41) is 23.5. The number of carbonyl (C=O) groups excluding carboxylic acids is 1.